The van der Waals surface area contributed by atoms with Gasteiger partial charge >= 0.3 is 12.4 Å². The van der Waals surface area contributed by atoms with E-state index in [1.165, 1.54) is 0 Å². The van der Waals surface area contributed by atoms with Crippen molar-refractivity contribution in [1.82, 2.24) is 0 Å². The Morgan fingerprint density at radius 3 is 1.17 bits per heavy atom. The Morgan fingerprint density at radius 2 is 1.17 bits per heavy atom. The van der Waals surface area contributed by atoms with Crippen LogP contribution in [0.5, 0.6) is 0 Å². The molecule has 0 amide bonds. The monoisotopic (exact) mass is 214 g/mol. The maximum absolute atomic E-state index is 11.6. The van der Waals surface area contributed by atoms with Gasteiger partial charge in [0, 0.05) is 0 Å². The van der Waals surface area contributed by atoms with Crippen LogP contribution in [0, 0.1) is 5.92 Å². The van der Waals surface area contributed by atoms with Crippen LogP contribution in [0.1, 0.15) is 0 Å². The van der Waals surface area contributed by atoms with Crippen LogP contribution in [0.4, 0.5) is 30.7 Å². The van der Waals surface area contributed by atoms with Gasteiger partial charge in [-0.2, -0.15) is 30.7 Å². The summed E-state index contributed by atoms with van der Waals surface area (Å²) in [5, 5.41) is -2.62. The summed E-state index contributed by atoms with van der Waals surface area (Å²) in [6, 6.07) is 0. The molecule has 0 aromatic carbocycles. The molecule has 0 aromatic rings. The summed E-state index contributed by atoms with van der Waals surface area (Å²) < 4.78 is 80.2. The van der Waals surface area contributed by atoms with E-state index >= 15 is 0 Å². The van der Waals surface area contributed by atoms with E-state index in [0.29, 0.717) is 0 Å². The molecule has 72 valence electrons. The largest absolute Gasteiger partial charge is 0.407 e. The van der Waals surface area contributed by atoms with Gasteiger partial charge in [0.05, 0.1) is 0 Å². The van der Waals surface area contributed by atoms with Crippen molar-refractivity contribution in [2.45, 2.75) is 12.4 Å². The lowest BCUT2D eigenvalue weighted by Gasteiger charge is -2.19. The van der Waals surface area contributed by atoms with Gasteiger partial charge in [-0.25, -0.2) is 0 Å². The van der Waals surface area contributed by atoms with Crippen LogP contribution in [0.15, 0.2) is 0 Å². The molecular formula is C4HF7S. The van der Waals surface area contributed by atoms with E-state index in [0.717, 1.165) is 0 Å². The summed E-state index contributed by atoms with van der Waals surface area (Å²) in [7, 11) is 0. The van der Waals surface area contributed by atoms with E-state index < -0.39 is 23.4 Å². The summed E-state index contributed by atoms with van der Waals surface area (Å²) >= 11 is 3.21. The molecule has 0 aliphatic heterocycles. The minimum Gasteiger partial charge on any atom is -0.198 e. The van der Waals surface area contributed by atoms with Gasteiger partial charge in [-0.3, -0.25) is 0 Å². The smallest absolute Gasteiger partial charge is 0.198 e. The molecule has 0 nitrogen and oxygen atoms in total. The molecule has 0 saturated carbocycles. The van der Waals surface area contributed by atoms with Crippen LogP contribution in [-0.2, 0) is 0 Å². The molecule has 0 aliphatic carbocycles. The predicted octanol–water partition coefficient (Wildman–Crippen LogP) is 3.02. The first-order valence-electron chi connectivity index (χ1n) is 2.39. The van der Waals surface area contributed by atoms with Crippen LogP contribution >= 0.6 is 12.2 Å². The van der Waals surface area contributed by atoms with Gasteiger partial charge < -0.3 is 0 Å². The Morgan fingerprint density at radius 1 is 0.917 bits per heavy atom. The highest BCUT2D eigenvalue weighted by molar-refractivity contribution is 7.80. The van der Waals surface area contributed by atoms with Crippen molar-refractivity contribution in [2.75, 3.05) is 0 Å². The number of thiocarbonyl (C=S) groups is 1. The zero-order valence-corrected chi connectivity index (χ0v) is 5.95. The highest BCUT2D eigenvalue weighted by atomic mass is 32.1. The Bertz CT molecular complexity index is 163. The summed E-state index contributed by atoms with van der Waals surface area (Å²) in [6.07, 6.45) is -11.4. The lowest BCUT2D eigenvalue weighted by molar-refractivity contribution is -0.261. The average Bonchev–Trinajstić information content (AvgIpc) is 1.49. The second kappa shape index (κ2) is 3.15. The topological polar surface area (TPSA) is 0 Å². The first-order chi connectivity index (χ1) is 5.07. The van der Waals surface area contributed by atoms with Crippen molar-refractivity contribution >= 4 is 17.3 Å². The zero-order chi connectivity index (χ0) is 10.2. The molecule has 8 heteroatoms. The fourth-order valence-corrected chi connectivity index (χ4v) is 0.710. The van der Waals surface area contributed by atoms with Crippen molar-refractivity contribution in [3.05, 3.63) is 0 Å². The normalized spacial score (nSPS) is 13.7. The van der Waals surface area contributed by atoms with Gasteiger partial charge in [0.25, 0.3) is 0 Å². The average molecular weight is 214 g/mol. The predicted molar refractivity (Wildman–Crippen MR) is 29.3 cm³/mol. The van der Waals surface area contributed by atoms with Gasteiger partial charge in [-0.05, 0) is 0 Å². The summed E-state index contributed by atoms with van der Waals surface area (Å²) in [6.45, 7) is 0. The Balaban J connectivity index is 4.82. The molecule has 0 spiro atoms. The lowest BCUT2D eigenvalue weighted by atomic mass is 10.1. The standard InChI is InChI=1S/C4HF7S/c5-2(12)1(3(6,7)8)4(9,10)11/h1H. The highest BCUT2D eigenvalue weighted by Crippen LogP contribution is 2.40. The van der Waals surface area contributed by atoms with Gasteiger partial charge in [0.1, 0.15) is 0 Å². The third kappa shape index (κ3) is 2.92. The molecular weight excluding hydrogens is 213 g/mol. The van der Waals surface area contributed by atoms with Crippen molar-refractivity contribution in [3.63, 3.8) is 0 Å². The summed E-state index contributed by atoms with van der Waals surface area (Å²) in [5.41, 5.74) is 0. The molecule has 0 saturated heterocycles. The Labute approximate surface area is 67.4 Å². The fourth-order valence-electron chi connectivity index (χ4n) is 0.443. The van der Waals surface area contributed by atoms with Crippen LogP contribution in [0.2, 0.25) is 0 Å². The van der Waals surface area contributed by atoms with E-state index in [1.807, 2.05) is 0 Å². The molecule has 0 bridgehead atoms. The third-order valence-electron chi connectivity index (χ3n) is 0.882. The quantitative estimate of drug-likeness (QED) is 0.367. The van der Waals surface area contributed by atoms with Crippen LogP contribution in [0.25, 0.3) is 0 Å². The second-order valence-corrected chi connectivity index (χ2v) is 2.21. The molecule has 0 unspecified atom stereocenters. The van der Waals surface area contributed by atoms with Crippen molar-refractivity contribution in [3.8, 4) is 0 Å². The Hall–Kier alpha value is -0.400. The molecule has 0 atom stereocenters. The molecule has 0 aliphatic rings. The zero-order valence-electron chi connectivity index (χ0n) is 5.13. The van der Waals surface area contributed by atoms with Crippen molar-refractivity contribution in [1.29, 1.82) is 0 Å². The van der Waals surface area contributed by atoms with Gasteiger partial charge in [0.15, 0.2) is 5.12 Å². The van der Waals surface area contributed by atoms with Gasteiger partial charge in [-0.15, -0.1) is 0 Å². The number of alkyl halides is 6. The highest BCUT2D eigenvalue weighted by Gasteiger charge is 2.59. The molecule has 0 heterocycles. The molecule has 0 fully saturated rings. The van der Waals surface area contributed by atoms with Gasteiger partial charge in [0.2, 0.25) is 5.92 Å². The number of rotatable bonds is 1. The third-order valence-corrected chi connectivity index (χ3v) is 1.12. The van der Waals surface area contributed by atoms with Crippen LogP contribution in [0.3, 0.4) is 0 Å². The number of hydrogen-bond donors (Lipinski definition) is 0. The maximum Gasteiger partial charge on any atom is 0.407 e. The maximum atomic E-state index is 11.6. The van der Waals surface area contributed by atoms with Gasteiger partial charge in [-0.1, -0.05) is 12.2 Å². The number of hydrogen-bond acceptors (Lipinski definition) is 1. The lowest BCUT2D eigenvalue weighted by Crippen LogP contribution is -2.40. The first-order valence-corrected chi connectivity index (χ1v) is 2.80. The number of halogens is 7. The van der Waals surface area contributed by atoms with Crippen LogP contribution < -0.4 is 0 Å². The molecule has 0 N–H and O–H groups in total. The minimum absolute atomic E-state index is 2.62. The van der Waals surface area contributed by atoms with E-state index in [9.17, 15) is 30.7 Å². The molecule has 0 aromatic heterocycles. The summed E-state index contributed by atoms with van der Waals surface area (Å²) in [5.74, 6) is -4.15. The van der Waals surface area contributed by atoms with Crippen molar-refractivity contribution < 1.29 is 30.7 Å². The Kier molecular flexibility index (Phi) is 3.05. The first kappa shape index (κ1) is 11.6. The van der Waals surface area contributed by atoms with Crippen LogP contribution in [-0.4, -0.2) is 17.5 Å². The fraction of sp³-hybridized carbons (Fsp3) is 0.750. The molecule has 12 heavy (non-hydrogen) atoms. The van der Waals surface area contributed by atoms with E-state index in [-0.39, 0.29) is 0 Å². The SMILES string of the molecule is FC(=S)C(C(F)(F)F)C(F)(F)F. The van der Waals surface area contributed by atoms with E-state index in [4.69, 9.17) is 0 Å². The van der Waals surface area contributed by atoms with E-state index in [1.54, 1.807) is 0 Å². The van der Waals surface area contributed by atoms with E-state index in [2.05, 4.69) is 12.2 Å². The minimum atomic E-state index is -5.72. The second-order valence-electron chi connectivity index (χ2n) is 1.82. The summed E-state index contributed by atoms with van der Waals surface area (Å²) in [4.78, 5) is 0. The van der Waals surface area contributed by atoms with Crippen molar-refractivity contribution in [2.24, 2.45) is 5.92 Å². The molecule has 0 radical (unpaired) electrons. The molecule has 0 rings (SSSR count).